The highest BCUT2D eigenvalue weighted by atomic mass is 35.5. The highest BCUT2D eigenvalue weighted by Gasteiger charge is 2.29. The normalized spacial score (nSPS) is 15.2. The predicted octanol–water partition coefficient (Wildman–Crippen LogP) is 1.51. The average Bonchev–Trinajstić information content (AvgIpc) is 2.32. The summed E-state index contributed by atoms with van der Waals surface area (Å²) >= 11 is 5.65. The highest BCUT2D eigenvalue weighted by Crippen LogP contribution is 2.26. The molecule has 0 aromatic carbocycles. The Balaban J connectivity index is 2.08. The van der Waals surface area contributed by atoms with Gasteiger partial charge in [0.05, 0.1) is 12.4 Å². The number of carbonyl (C=O) groups excluding carboxylic acids is 1. The topological polar surface area (TPSA) is 66.3 Å². The molecule has 1 N–H and O–H groups in total. The van der Waals surface area contributed by atoms with Gasteiger partial charge < -0.3 is 10.0 Å². The number of hydrogen-bond acceptors (Lipinski definition) is 4. The summed E-state index contributed by atoms with van der Waals surface area (Å²) in [6.07, 6.45) is 6.56. The molecule has 1 heterocycles. The summed E-state index contributed by atoms with van der Waals surface area (Å²) in [6.45, 7) is 0.646. The van der Waals surface area contributed by atoms with Crippen molar-refractivity contribution < 1.29 is 9.90 Å². The van der Waals surface area contributed by atoms with Crippen LogP contribution in [0.1, 0.15) is 36.2 Å². The smallest absolute Gasteiger partial charge is 0.274 e. The van der Waals surface area contributed by atoms with Gasteiger partial charge in [0.15, 0.2) is 0 Å². The molecule has 0 saturated heterocycles. The molecular weight excluding hydrogens is 254 g/mol. The van der Waals surface area contributed by atoms with Gasteiger partial charge in [-0.15, -0.1) is 0 Å². The van der Waals surface area contributed by atoms with Crippen molar-refractivity contribution in [3.63, 3.8) is 0 Å². The van der Waals surface area contributed by atoms with Crippen molar-refractivity contribution in [2.75, 3.05) is 13.2 Å². The van der Waals surface area contributed by atoms with Gasteiger partial charge in [-0.05, 0) is 25.7 Å². The Morgan fingerprint density at radius 2 is 2.22 bits per heavy atom. The molecule has 0 radical (unpaired) electrons. The fourth-order valence-electron chi connectivity index (χ4n) is 1.96. The number of aliphatic hydroxyl groups is 1. The molecule has 0 aliphatic heterocycles. The van der Waals surface area contributed by atoms with Gasteiger partial charge in [0.25, 0.3) is 5.91 Å². The third kappa shape index (κ3) is 2.97. The molecule has 2 rings (SSSR count). The van der Waals surface area contributed by atoms with Crippen LogP contribution in [0.25, 0.3) is 0 Å². The Morgan fingerprint density at radius 1 is 1.44 bits per heavy atom. The van der Waals surface area contributed by atoms with Gasteiger partial charge in [-0.3, -0.25) is 4.79 Å². The molecule has 1 amide bonds. The van der Waals surface area contributed by atoms with Crippen LogP contribution in [0.5, 0.6) is 0 Å². The lowest BCUT2D eigenvalue weighted by Crippen LogP contribution is -2.45. The van der Waals surface area contributed by atoms with Gasteiger partial charge in [0.2, 0.25) is 0 Å². The number of carbonyl (C=O) groups is 1. The summed E-state index contributed by atoms with van der Waals surface area (Å²) in [6, 6.07) is 0.279. The van der Waals surface area contributed by atoms with Crippen molar-refractivity contribution in [3.05, 3.63) is 23.2 Å². The van der Waals surface area contributed by atoms with Gasteiger partial charge >= 0.3 is 0 Å². The van der Waals surface area contributed by atoms with E-state index in [1.807, 2.05) is 0 Å². The molecule has 0 spiro atoms. The van der Waals surface area contributed by atoms with Crippen molar-refractivity contribution in [1.82, 2.24) is 14.9 Å². The zero-order valence-corrected chi connectivity index (χ0v) is 10.8. The molecule has 5 nitrogen and oxygen atoms in total. The van der Waals surface area contributed by atoms with Gasteiger partial charge in [0, 0.05) is 19.2 Å². The molecule has 1 aromatic heterocycles. The number of hydrogen-bond donors (Lipinski definition) is 1. The number of aliphatic hydroxyl groups excluding tert-OH is 1. The summed E-state index contributed by atoms with van der Waals surface area (Å²) in [5.41, 5.74) is 0.309. The highest BCUT2D eigenvalue weighted by molar-refractivity contribution is 6.29. The van der Waals surface area contributed by atoms with Crippen molar-refractivity contribution >= 4 is 17.5 Å². The molecule has 98 valence electrons. The molecule has 0 atom stereocenters. The zero-order chi connectivity index (χ0) is 13.0. The maximum absolute atomic E-state index is 12.3. The first-order valence-corrected chi connectivity index (χ1v) is 6.49. The van der Waals surface area contributed by atoms with Crippen LogP contribution < -0.4 is 0 Å². The van der Waals surface area contributed by atoms with Gasteiger partial charge in [0.1, 0.15) is 10.8 Å². The van der Waals surface area contributed by atoms with E-state index >= 15 is 0 Å². The van der Waals surface area contributed by atoms with Crippen LogP contribution in [-0.4, -0.2) is 45.1 Å². The standard InChI is InChI=1S/C12H16ClN3O2/c13-11-8-14-10(7-15-11)12(18)16(5-2-6-17)9-3-1-4-9/h7-9,17H,1-6H2. The quantitative estimate of drug-likeness (QED) is 0.880. The van der Waals surface area contributed by atoms with Gasteiger partial charge in [-0.25, -0.2) is 9.97 Å². The summed E-state index contributed by atoms with van der Waals surface area (Å²) in [7, 11) is 0. The number of aromatic nitrogens is 2. The van der Waals surface area contributed by atoms with E-state index in [9.17, 15) is 4.79 Å². The molecule has 18 heavy (non-hydrogen) atoms. The lowest BCUT2D eigenvalue weighted by molar-refractivity contribution is 0.0556. The van der Waals surface area contributed by atoms with E-state index in [0.29, 0.717) is 18.7 Å². The van der Waals surface area contributed by atoms with Crippen LogP contribution in [-0.2, 0) is 0 Å². The van der Waals surface area contributed by atoms with E-state index in [-0.39, 0.29) is 23.7 Å². The lowest BCUT2D eigenvalue weighted by Gasteiger charge is -2.37. The van der Waals surface area contributed by atoms with E-state index in [1.54, 1.807) is 4.90 Å². The van der Waals surface area contributed by atoms with Crippen LogP contribution >= 0.6 is 11.6 Å². The third-order valence-electron chi connectivity index (χ3n) is 3.17. The van der Waals surface area contributed by atoms with Crippen molar-refractivity contribution in [2.45, 2.75) is 31.7 Å². The Morgan fingerprint density at radius 3 is 2.72 bits per heavy atom. The first kappa shape index (κ1) is 13.2. The zero-order valence-electron chi connectivity index (χ0n) is 10.0. The van der Waals surface area contributed by atoms with Gasteiger partial charge in [-0.2, -0.15) is 0 Å². The fraction of sp³-hybridized carbons (Fsp3) is 0.583. The van der Waals surface area contributed by atoms with Gasteiger partial charge in [-0.1, -0.05) is 11.6 Å². The van der Waals surface area contributed by atoms with E-state index in [4.69, 9.17) is 16.7 Å². The molecule has 1 saturated carbocycles. The SMILES string of the molecule is O=C(c1cnc(Cl)cn1)N(CCCO)C1CCC1. The van der Waals surface area contributed by atoms with E-state index in [2.05, 4.69) is 9.97 Å². The van der Waals surface area contributed by atoms with E-state index in [0.717, 1.165) is 19.3 Å². The minimum Gasteiger partial charge on any atom is -0.396 e. The first-order chi connectivity index (χ1) is 8.72. The summed E-state index contributed by atoms with van der Waals surface area (Å²) in [4.78, 5) is 22.0. The Kier molecular flexibility index (Phi) is 4.49. The largest absolute Gasteiger partial charge is 0.396 e. The molecule has 6 heteroatoms. The average molecular weight is 270 g/mol. The molecule has 1 aromatic rings. The molecule has 1 aliphatic rings. The van der Waals surface area contributed by atoms with Crippen molar-refractivity contribution in [1.29, 1.82) is 0 Å². The monoisotopic (exact) mass is 269 g/mol. The van der Waals surface area contributed by atoms with Crippen molar-refractivity contribution in [3.8, 4) is 0 Å². The number of halogens is 1. The summed E-state index contributed by atoms with van der Waals surface area (Å²) < 4.78 is 0. The maximum Gasteiger partial charge on any atom is 0.274 e. The second-order valence-electron chi connectivity index (χ2n) is 4.38. The molecule has 1 aliphatic carbocycles. The molecule has 0 unspecified atom stereocenters. The molecule has 0 bridgehead atoms. The maximum atomic E-state index is 12.3. The Labute approximate surface area is 111 Å². The lowest BCUT2D eigenvalue weighted by atomic mass is 9.91. The van der Waals surface area contributed by atoms with E-state index < -0.39 is 0 Å². The second-order valence-corrected chi connectivity index (χ2v) is 4.77. The van der Waals surface area contributed by atoms with Crippen molar-refractivity contribution in [2.24, 2.45) is 0 Å². The minimum absolute atomic E-state index is 0.0861. The number of rotatable bonds is 5. The van der Waals surface area contributed by atoms with Crippen LogP contribution in [0.3, 0.4) is 0 Å². The van der Waals surface area contributed by atoms with E-state index in [1.165, 1.54) is 12.4 Å². The second kappa shape index (κ2) is 6.11. The molecule has 1 fully saturated rings. The first-order valence-electron chi connectivity index (χ1n) is 6.11. The minimum atomic E-state index is -0.127. The third-order valence-corrected chi connectivity index (χ3v) is 3.37. The van der Waals surface area contributed by atoms with Crippen LogP contribution in [0.2, 0.25) is 5.15 Å². The summed E-state index contributed by atoms with van der Waals surface area (Å²) in [5, 5.41) is 9.17. The van der Waals surface area contributed by atoms with Crippen LogP contribution in [0, 0.1) is 0 Å². The van der Waals surface area contributed by atoms with Crippen LogP contribution in [0.4, 0.5) is 0 Å². The number of nitrogens with zero attached hydrogens (tertiary/aromatic N) is 3. The van der Waals surface area contributed by atoms with Crippen LogP contribution in [0.15, 0.2) is 12.4 Å². The Hall–Kier alpha value is -1.20. The Bertz CT molecular complexity index is 406. The molecular formula is C12H16ClN3O2. The number of amides is 1. The summed E-state index contributed by atoms with van der Waals surface area (Å²) in [5.74, 6) is -0.127. The fourth-order valence-corrected chi connectivity index (χ4v) is 2.06. The predicted molar refractivity (Wildman–Crippen MR) is 67.4 cm³/mol.